The molecule has 0 radical (unpaired) electrons. The van der Waals surface area contributed by atoms with Crippen molar-refractivity contribution in [1.82, 2.24) is 16.0 Å². The van der Waals surface area contributed by atoms with E-state index in [0.717, 1.165) is 6.92 Å². The van der Waals surface area contributed by atoms with Gasteiger partial charge in [-0.25, -0.2) is 4.79 Å². The Morgan fingerprint density at radius 2 is 1.21 bits per heavy atom. The molecule has 10 N–H and O–H groups in total. The highest BCUT2D eigenvalue weighted by Crippen LogP contribution is 2.04. The average molecular weight is 492 g/mol. The van der Waals surface area contributed by atoms with Crippen LogP contribution in [-0.4, -0.2) is 97.4 Å². The van der Waals surface area contributed by atoms with Gasteiger partial charge in [0.1, 0.15) is 18.1 Å². The molecule has 0 rings (SSSR count). The second-order valence-electron chi connectivity index (χ2n) is 7.26. The first-order chi connectivity index (χ1) is 15.6. The Kier molecular flexibility index (Phi) is 12.8. The van der Waals surface area contributed by atoms with E-state index in [1.54, 1.807) is 0 Å². The summed E-state index contributed by atoms with van der Waals surface area (Å²) in [6, 6.07) is -6.59. The van der Waals surface area contributed by atoms with Crippen LogP contribution < -0.4 is 21.7 Å². The molecule has 192 valence electrons. The number of aliphatic hydroxyl groups is 1. The van der Waals surface area contributed by atoms with Crippen molar-refractivity contribution in [2.75, 3.05) is 0 Å². The monoisotopic (exact) mass is 492 g/mol. The van der Waals surface area contributed by atoms with Gasteiger partial charge in [0.2, 0.25) is 17.7 Å². The summed E-state index contributed by atoms with van der Waals surface area (Å²) in [7, 11) is 0. The zero-order valence-electron chi connectivity index (χ0n) is 18.1. The first kappa shape index (κ1) is 30.2. The van der Waals surface area contributed by atoms with Crippen molar-refractivity contribution in [3.05, 3.63) is 0 Å². The summed E-state index contributed by atoms with van der Waals surface area (Å²) in [5.41, 5.74) is 5.56. The molecule has 5 atom stereocenters. The predicted octanol–water partition coefficient (Wildman–Crippen LogP) is -3.56. The van der Waals surface area contributed by atoms with Crippen LogP contribution >= 0.6 is 0 Å². The fourth-order valence-corrected chi connectivity index (χ4v) is 2.52. The maximum Gasteiger partial charge on any atom is 0.326 e. The Hall–Kier alpha value is -3.79. The average Bonchev–Trinajstić information content (AvgIpc) is 2.71. The summed E-state index contributed by atoms with van der Waals surface area (Å²) >= 11 is 0. The number of hydrogen-bond acceptors (Lipinski definition) is 9. The molecule has 0 fully saturated rings. The smallest absolute Gasteiger partial charge is 0.326 e. The summed E-state index contributed by atoms with van der Waals surface area (Å²) < 4.78 is 0. The largest absolute Gasteiger partial charge is 0.481 e. The topological polar surface area (TPSA) is 283 Å². The van der Waals surface area contributed by atoms with Gasteiger partial charge >= 0.3 is 23.9 Å². The highest BCUT2D eigenvalue weighted by Gasteiger charge is 2.33. The van der Waals surface area contributed by atoms with Gasteiger partial charge in [0.15, 0.2) is 0 Å². The zero-order chi connectivity index (χ0) is 26.6. The zero-order valence-corrected chi connectivity index (χ0v) is 18.1. The summed E-state index contributed by atoms with van der Waals surface area (Å²) in [6.45, 7) is 1.06. The lowest BCUT2D eigenvalue weighted by molar-refractivity contribution is -0.148. The van der Waals surface area contributed by atoms with Crippen LogP contribution in [0.1, 0.15) is 39.0 Å². The third-order valence-corrected chi connectivity index (χ3v) is 4.34. The third-order valence-electron chi connectivity index (χ3n) is 4.34. The molecule has 0 saturated carbocycles. The highest BCUT2D eigenvalue weighted by molar-refractivity contribution is 5.95. The van der Waals surface area contributed by atoms with Crippen molar-refractivity contribution in [2.45, 2.75) is 69.3 Å². The highest BCUT2D eigenvalue weighted by atomic mass is 16.4. The van der Waals surface area contributed by atoms with E-state index in [0.29, 0.717) is 0 Å². The van der Waals surface area contributed by atoms with E-state index < -0.39 is 97.6 Å². The maximum absolute atomic E-state index is 12.6. The van der Waals surface area contributed by atoms with Gasteiger partial charge in [-0.05, 0) is 19.8 Å². The number of amides is 3. The van der Waals surface area contributed by atoms with Crippen molar-refractivity contribution in [2.24, 2.45) is 5.73 Å². The summed E-state index contributed by atoms with van der Waals surface area (Å²) in [5, 5.41) is 51.2. The predicted molar refractivity (Wildman–Crippen MR) is 109 cm³/mol. The molecule has 0 aromatic heterocycles. The van der Waals surface area contributed by atoms with Gasteiger partial charge in [0, 0.05) is 12.8 Å². The Bertz CT molecular complexity index is 800. The second-order valence-corrected chi connectivity index (χ2v) is 7.26. The SMILES string of the molecule is CC(O)C(NC(=O)C(CCC(=O)O)NC(=O)C(N)CCC(=O)O)C(=O)NC(CC(=O)O)C(=O)O. The van der Waals surface area contributed by atoms with Crippen molar-refractivity contribution >= 4 is 41.6 Å². The molecule has 0 aromatic carbocycles. The number of carboxylic acids is 4. The van der Waals surface area contributed by atoms with Gasteiger partial charge in [-0.15, -0.1) is 0 Å². The maximum atomic E-state index is 12.6. The molecule has 16 nitrogen and oxygen atoms in total. The molecule has 5 unspecified atom stereocenters. The van der Waals surface area contributed by atoms with E-state index in [2.05, 4.69) is 5.32 Å². The quantitative estimate of drug-likeness (QED) is 0.101. The number of carbonyl (C=O) groups is 7. The normalized spacial score (nSPS) is 15.0. The molecule has 16 heteroatoms. The number of hydrogen-bond donors (Lipinski definition) is 9. The Morgan fingerprint density at radius 3 is 1.65 bits per heavy atom. The molecule has 0 bridgehead atoms. The van der Waals surface area contributed by atoms with Crippen LogP contribution in [0.3, 0.4) is 0 Å². The van der Waals surface area contributed by atoms with Crippen LogP contribution in [0, 0.1) is 0 Å². The molecular weight excluding hydrogens is 464 g/mol. The van der Waals surface area contributed by atoms with Gasteiger partial charge in [-0.3, -0.25) is 28.8 Å². The molecule has 0 aliphatic carbocycles. The third kappa shape index (κ3) is 11.7. The second kappa shape index (κ2) is 14.4. The van der Waals surface area contributed by atoms with Gasteiger partial charge in [-0.2, -0.15) is 0 Å². The molecule has 0 heterocycles. The van der Waals surface area contributed by atoms with Crippen molar-refractivity contribution < 1.29 is 59.1 Å². The number of nitrogens with one attached hydrogen (secondary N) is 3. The fraction of sp³-hybridized carbons (Fsp3) is 0.611. The summed E-state index contributed by atoms with van der Waals surface area (Å²) in [5.74, 6) is -9.14. The van der Waals surface area contributed by atoms with E-state index >= 15 is 0 Å². The molecule has 0 aliphatic rings. The van der Waals surface area contributed by atoms with Crippen molar-refractivity contribution in [3.8, 4) is 0 Å². The van der Waals surface area contributed by atoms with E-state index in [4.69, 9.17) is 26.2 Å². The van der Waals surface area contributed by atoms with E-state index in [9.17, 15) is 38.7 Å². The van der Waals surface area contributed by atoms with E-state index in [-0.39, 0.29) is 6.42 Å². The summed E-state index contributed by atoms with van der Waals surface area (Å²) in [6.07, 6.45) is -4.42. The molecule has 0 aliphatic heterocycles. The Labute approximate surface area is 192 Å². The van der Waals surface area contributed by atoms with Gasteiger partial charge < -0.3 is 47.2 Å². The molecule has 0 saturated heterocycles. The first-order valence-corrected chi connectivity index (χ1v) is 9.88. The molecule has 0 aromatic rings. The summed E-state index contributed by atoms with van der Waals surface area (Å²) in [4.78, 5) is 80.6. The molecule has 3 amide bonds. The minimum atomic E-state index is -1.88. The fourth-order valence-electron chi connectivity index (χ4n) is 2.52. The molecule has 34 heavy (non-hydrogen) atoms. The number of aliphatic carboxylic acids is 4. The van der Waals surface area contributed by atoms with Crippen molar-refractivity contribution in [1.29, 1.82) is 0 Å². The lowest BCUT2D eigenvalue weighted by Gasteiger charge is -2.26. The van der Waals surface area contributed by atoms with Crippen LogP contribution in [-0.2, 0) is 33.6 Å². The molecule has 0 spiro atoms. The first-order valence-electron chi connectivity index (χ1n) is 9.88. The van der Waals surface area contributed by atoms with Crippen LogP contribution in [0.4, 0.5) is 0 Å². The van der Waals surface area contributed by atoms with Crippen LogP contribution in [0.5, 0.6) is 0 Å². The van der Waals surface area contributed by atoms with E-state index in [1.165, 1.54) is 0 Å². The number of carbonyl (C=O) groups excluding carboxylic acids is 3. The van der Waals surface area contributed by atoms with Gasteiger partial charge in [-0.1, -0.05) is 0 Å². The number of aliphatic hydroxyl groups excluding tert-OH is 1. The lowest BCUT2D eigenvalue weighted by Crippen LogP contribution is -2.60. The Balaban J connectivity index is 5.48. The van der Waals surface area contributed by atoms with Gasteiger partial charge in [0.05, 0.1) is 18.6 Å². The van der Waals surface area contributed by atoms with Gasteiger partial charge in [0.25, 0.3) is 0 Å². The Morgan fingerprint density at radius 1 is 0.706 bits per heavy atom. The van der Waals surface area contributed by atoms with E-state index in [1.807, 2.05) is 10.6 Å². The van der Waals surface area contributed by atoms with Crippen LogP contribution in [0.15, 0.2) is 0 Å². The number of carboxylic acid groups (broad SMARTS) is 4. The molecular formula is C18H28N4O12. The minimum Gasteiger partial charge on any atom is -0.481 e. The van der Waals surface area contributed by atoms with Crippen LogP contribution in [0.2, 0.25) is 0 Å². The standard InChI is InChI=1S/C18H28N4O12/c1-7(23)14(17(32)21-10(18(33)34)6-13(28)29)22-16(31)9(3-5-12(26)27)20-15(30)8(19)2-4-11(24)25/h7-10,14,23H,2-6,19H2,1H3,(H,20,30)(H,21,32)(H,22,31)(H,24,25)(H,26,27)(H,28,29)(H,33,34). The van der Waals surface area contributed by atoms with Crippen LogP contribution in [0.25, 0.3) is 0 Å². The van der Waals surface area contributed by atoms with Crippen molar-refractivity contribution in [3.63, 3.8) is 0 Å². The minimum absolute atomic E-state index is 0.284. The lowest BCUT2D eigenvalue weighted by atomic mass is 10.1. The number of nitrogens with two attached hydrogens (primary N) is 1. The number of rotatable bonds is 16.